The number of rotatable bonds is 5. The van der Waals surface area contributed by atoms with Crippen molar-refractivity contribution in [2.45, 2.75) is 0 Å². The highest BCUT2D eigenvalue weighted by atomic mass is 32.2. The fourth-order valence-corrected chi connectivity index (χ4v) is 1.91. The third-order valence-electron chi connectivity index (χ3n) is 1.70. The fourth-order valence-electron chi connectivity index (χ4n) is 1.06. The SMILES string of the molecule is NC(N)=CS(=O)(=O)CCOc1ccccc1. The van der Waals surface area contributed by atoms with Gasteiger partial charge in [0.15, 0.2) is 9.84 Å². The summed E-state index contributed by atoms with van der Waals surface area (Å²) in [5.41, 5.74) is 10.2. The van der Waals surface area contributed by atoms with Crippen LogP contribution in [-0.4, -0.2) is 20.8 Å². The lowest BCUT2D eigenvalue weighted by atomic mass is 10.3. The van der Waals surface area contributed by atoms with Gasteiger partial charge in [0.05, 0.1) is 11.2 Å². The zero-order valence-electron chi connectivity index (χ0n) is 8.67. The third kappa shape index (κ3) is 4.70. The fraction of sp³-hybridized carbons (Fsp3) is 0.200. The van der Waals surface area contributed by atoms with Crippen LogP contribution in [0.5, 0.6) is 5.75 Å². The van der Waals surface area contributed by atoms with E-state index in [9.17, 15) is 8.42 Å². The van der Waals surface area contributed by atoms with Gasteiger partial charge < -0.3 is 16.2 Å². The monoisotopic (exact) mass is 242 g/mol. The van der Waals surface area contributed by atoms with Crippen LogP contribution >= 0.6 is 0 Å². The summed E-state index contributed by atoms with van der Waals surface area (Å²) < 4.78 is 27.9. The van der Waals surface area contributed by atoms with Crippen LogP contribution in [-0.2, 0) is 9.84 Å². The van der Waals surface area contributed by atoms with Gasteiger partial charge >= 0.3 is 0 Å². The lowest BCUT2D eigenvalue weighted by molar-refractivity contribution is 0.341. The second-order valence-electron chi connectivity index (χ2n) is 3.15. The van der Waals surface area contributed by atoms with E-state index in [1.54, 1.807) is 12.1 Å². The first-order chi connectivity index (χ1) is 7.49. The van der Waals surface area contributed by atoms with Crippen molar-refractivity contribution in [2.75, 3.05) is 12.4 Å². The molecule has 5 nitrogen and oxygen atoms in total. The van der Waals surface area contributed by atoms with E-state index < -0.39 is 9.84 Å². The van der Waals surface area contributed by atoms with E-state index in [0.717, 1.165) is 5.41 Å². The van der Waals surface area contributed by atoms with Gasteiger partial charge in [-0.05, 0) is 12.1 Å². The van der Waals surface area contributed by atoms with E-state index in [0.29, 0.717) is 5.75 Å². The molecule has 0 spiro atoms. The molecule has 0 atom stereocenters. The Morgan fingerprint density at radius 3 is 2.44 bits per heavy atom. The Hall–Kier alpha value is -1.69. The van der Waals surface area contributed by atoms with Gasteiger partial charge in [-0.2, -0.15) is 0 Å². The Morgan fingerprint density at radius 1 is 1.25 bits per heavy atom. The molecule has 0 bridgehead atoms. The average molecular weight is 242 g/mol. The minimum atomic E-state index is -3.39. The standard InChI is InChI=1S/C10H14N2O3S/c11-10(12)8-16(13,14)7-6-15-9-4-2-1-3-5-9/h1-5,8H,6-7,11-12H2. The van der Waals surface area contributed by atoms with Crippen molar-refractivity contribution in [3.63, 3.8) is 0 Å². The summed E-state index contributed by atoms with van der Waals surface area (Å²) in [6.45, 7) is 0.0656. The molecular weight excluding hydrogens is 228 g/mol. The Balaban J connectivity index is 2.45. The lowest BCUT2D eigenvalue weighted by Crippen LogP contribution is -2.16. The molecule has 0 fully saturated rings. The van der Waals surface area contributed by atoms with E-state index in [1.165, 1.54) is 0 Å². The molecule has 16 heavy (non-hydrogen) atoms. The highest BCUT2D eigenvalue weighted by Gasteiger charge is 2.07. The molecule has 6 heteroatoms. The van der Waals surface area contributed by atoms with Gasteiger partial charge in [-0.1, -0.05) is 18.2 Å². The first-order valence-corrected chi connectivity index (χ1v) is 6.34. The van der Waals surface area contributed by atoms with E-state index in [4.69, 9.17) is 16.2 Å². The van der Waals surface area contributed by atoms with E-state index in [1.807, 2.05) is 18.2 Å². The van der Waals surface area contributed by atoms with Gasteiger partial charge in [0, 0.05) is 0 Å². The van der Waals surface area contributed by atoms with Crippen LogP contribution in [0.4, 0.5) is 0 Å². The molecule has 88 valence electrons. The molecule has 0 unspecified atom stereocenters. The van der Waals surface area contributed by atoms with E-state index in [2.05, 4.69) is 0 Å². The van der Waals surface area contributed by atoms with Crippen molar-refractivity contribution in [1.29, 1.82) is 0 Å². The minimum absolute atomic E-state index is 0.0656. The molecule has 0 saturated carbocycles. The van der Waals surface area contributed by atoms with Crippen molar-refractivity contribution in [3.8, 4) is 5.75 Å². The summed E-state index contributed by atoms with van der Waals surface area (Å²) in [7, 11) is -3.39. The molecule has 1 aromatic rings. The van der Waals surface area contributed by atoms with Gasteiger partial charge in [-0.3, -0.25) is 0 Å². The quantitative estimate of drug-likeness (QED) is 0.768. The molecular formula is C10H14N2O3S. The largest absolute Gasteiger partial charge is 0.493 e. The van der Waals surface area contributed by atoms with Crippen molar-refractivity contribution in [2.24, 2.45) is 11.5 Å². The maximum atomic E-state index is 11.3. The number of benzene rings is 1. The number of ether oxygens (including phenoxy) is 1. The molecule has 1 aromatic carbocycles. The predicted molar refractivity (Wildman–Crippen MR) is 62.2 cm³/mol. The smallest absolute Gasteiger partial charge is 0.178 e. The molecule has 0 aliphatic rings. The van der Waals surface area contributed by atoms with Crippen molar-refractivity contribution in [3.05, 3.63) is 41.6 Å². The van der Waals surface area contributed by atoms with E-state index in [-0.39, 0.29) is 18.2 Å². The van der Waals surface area contributed by atoms with Gasteiger partial charge in [-0.15, -0.1) is 0 Å². The van der Waals surface area contributed by atoms with Crippen molar-refractivity contribution in [1.82, 2.24) is 0 Å². The summed E-state index contributed by atoms with van der Waals surface area (Å²) in [6.07, 6.45) is 0. The summed E-state index contributed by atoms with van der Waals surface area (Å²) in [5, 5.41) is 0.835. The van der Waals surface area contributed by atoms with Crippen LogP contribution < -0.4 is 16.2 Å². The Kier molecular flexibility index (Phi) is 4.19. The molecule has 0 radical (unpaired) electrons. The summed E-state index contributed by atoms with van der Waals surface area (Å²) in [5.74, 6) is 0.252. The summed E-state index contributed by atoms with van der Waals surface area (Å²) >= 11 is 0. The maximum absolute atomic E-state index is 11.3. The van der Waals surface area contributed by atoms with Crippen LogP contribution in [0.2, 0.25) is 0 Å². The van der Waals surface area contributed by atoms with Crippen LogP contribution in [0, 0.1) is 0 Å². The molecule has 0 heterocycles. The summed E-state index contributed by atoms with van der Waals surface area (Å²) in [6, 6.07) is 8.96. The molecule has 0 aromatic heterocycles. The minimum Gasteiger partial charge on any atom is -0.493 e. The number of hydrogen-bond acceptors (Lipinski definition) is 5. The number of para-hydroxylation sites is 1. The van der Waals surface area contributed by atoms with Gasteiger partial charge in [0.2, 0.25) is 0 Å². The maximum Gasteiger partial charge on any atom is 0.178 e. The zero-order chi connectivity index (χ0) is 12.0. The van der Waals surface area contributed by atoms with Crippen LogP contribution in [0.25, 0.3) is 0 Å². The van der Waals surface area contributed by atoms with Gasteiger partial charge in [-0.25, -0.2) is 8.42 Å². The molecule has 0 aliphatic heterocycles. The normalized spacial score (nSPS) is 10.8. The zero-order valence-corrected chi connectivity index (χ0v) is 9.48. The first-order valence-electron chi connectivity index (χ1n) is 4.63. The Bertz CT molecular complexity index is 450. The third-order valence-corrected chi connectivity index (χ3v) is 3.06. The molecule has 4 N–H and O–H groups in total. The second-order valence-corrected chi connectivity index (χ2v) is 5.12. The van der Waals surface area contributed by atoms with Crippen molar-refractivity contribution >= 4 is 9.84 Å². The second kappa shape index (κ2) is 5.41. The van der Waals surface area contributed by atoms with E-state index >= 15 is 0 Å². The number of sulfone groups is 1. The molecule has 1 rings (SSSR count). The summed E-state index contributed by atoms with van der Waals surface area (Å²) in [4.78, 5) is 0. The molecule has 0 saturated heterocycles. The molecule has 0 amide bonds. The predicted octanol–water partition coefficient (Wildman–Crippen LogP) is 0.197. The number of nitrogens with two attached hydrogens (primary N) is 2. The van der Waals surface area contributed by atoms with Crippen LogP contribution in [0.3, 0.4) is 0 Å². The first kappa shape index (κ1) is 12.4. The topological polar surface area (TPSA) is 95.4 Å². The van der Waals surface area contributed by atoms with Gasteiger partial charge in [0.1, 0.15) is 18.2 Å². The van der Waals surface area contributed by atoms with Crippen molar-refractivity contribution < 1.29 is 13.2 Å². The number of hydrogen-bond donors (Lipinski definition) is 2. The molecule has 0 aliphatic carbocycles. The van der Waals surface area contributed by atoms with Crippen LogP contribution in [0.1, 0.15) is 0 Å². The average Bonchev–Trinajstić information content (AvgIpc) is 2.16. The Morgan fingerprint density at radius 2 is 1.88 bits per heavy atom. The van der Waals surface area contributed by atoms with Gasteiger partial charge in [0.25, 0.3) is 0 Å². The lowest BCUT2D eigenvalue weighted by Gasteiger charge is -2.04. The highest BCUT2D eigenvalue weighted by molar-refractivity contribution is 7.94. The Labute approximate surface area is 94.6 Å². The van der Waals surface area contributed by atoms with Crippen LogP contribution in [0.15, 0.2) is 41.6 Å². The highest BCUT2D eigenvalue weighted by Crippen LogP contribution is 2.08.